The van der Waals surface area contributed by atoms with Gasteiger partial charge in [0, 0.05) is 27.8 Å². The second-order valence-electron chi connectivity index (χ2n) is 18.5. The quantitative estimate of drug-likeness (QED) is 0.126. The van der Waals surface area contributed by atoms with Crippen molar-refractivity contribution in [1.82, 2.24) is 0 Å². The van der Waals surface area contributed by atoms with Crippen molar-refractivity contribution in [2.45, 2.75) is 34.6 Å². The molecule has 0 bridgehead atoms. The molecule has 0 radical (unpaired) electrons. The fourth-order valence-electron chi connectivity index (χ4n) is 10.7. The number of halogens is 1. The number of benzene rings is 12. The lowest BCUT2D eigenvalue weighted by molar-refractivity contribution is 0.629. The molecule has 0 N–H and O–H groups in total. The molecule has 0 aliphatic heterocycles. The third kappa shape index (κ3) is 7.57. The number of hydrogen-bond acceptors (Lipinski definition) is 2. The Hall–Kier alpha value is -8.79. The van der Waals surface area contributed by atoms with Crippen LogP contribution in [0.5, 0.6) is 0 Å². The van der Waals surface area contributed by atoms with E-state index < -0.39 is 66.2 Å². The molecule has 0 unspecified atom stereocenters. The molecule has 0 spiro atoms. The van der Waals surface area contributed by atoms with Gasteiger partial charge in [0.25, 0.3) is 0 Å². The molecule has 2 nitrogen and oxygen atoms in total. The Morgan fingerprint density at radius 2 is 0.667 bits per heavy atom. The van der Waals surface area contributed by atoms with E-state index >= 15 is 4.39 Å². The van der Waals surface area contributed by atoms with Crippen LogP contribution in [0, 0.1) is 40.4 Å². The summed E-state index contributed by atoms with van der Waals surface area (Å²) >= 11 is 0. The van der Waals surface area contributed by atoms with Gasteiger partial charge in [-0.05, 0) is 189 Å². The maximum absolute atomic E-state index is 18.0. The molecule has 0 aliphatic rings. The Labute approximate surface area is 435 Å². The minimum atomic E-state index is -0.696. The molecule has 0 heterocycles. The first kappa shape index (κ1) is 34.5. The highest BCUT2D eigenvalue weighted by atomic mass is 19.1. The largest absolute Gasteiger partial charge is 0.310 e. The first-order chi connectivity index (χ1) is 39.4. The highest BCUT2D eigenvalue weighted by molar-refractivity contribution is 6.28. The summed E-state index contributed by atoms with van der Waals surface area (Å²) in [6.07, 6.45) is 0. The molecule has 0 amide bonds. The van der Waals surface area contributed by atoms with E-state index in [0.29, 0.717) is 44.3 Å². The molecule has 12 aromatic carbocycles. The Balaban J connectivity index is 1.18. The van der Waals surface area contributed by atoms with Gasteiger partial charge in [0.2, 0.25) is 0 Å². The van der Waals surface area contributed by atoms with Crippen molar-refractivity contribution in [3.8, 4) is 44.5 Å². The highest BCUT2D eigenvalue weighted by Crippen LogP contribution is 2.51. The molecule has 0 atom stereocenters. The van der Waals surface area contributed by atoms with Crippen LogP contribution in [-0.4, -0.2) is 0 Å². The van der Waals surface area contributed by atoms with E-state index in [4.69, 9.17) is 8.22 Å². The number of para-hydroxylation sites is 2. The fourth-order valence-corrected chi connectivity index (χ4v) is 10.7. The molecular weight excluding hydrogens is 876 g/mol. The van der Waals surface area contributed by atoms with Crippen molar-refractivity contribution < 1.29 is 18.1 Å². The fraction of sp³-hybridized carbons (Fsp3) is 0.0725. The van der Waals surface area contributed by atoms with Crippen molar-refractivity contribution in [3.05, 3.63) is 264 Å². The molecule has 0 aliphatic carbocycles. The van der Waals surface area contributed by atoms with Crippen LogP contribution < -0.4 is 9.80 Å². The van der Waals surface area contributed by atoms with Gasteiger partial charge >= 0.3 is 0 Å². The average Bonchev–Trinajstić information content (AvgIpc) is 1.72. The van der Waals surface area contributed by atoms with Gasteiger partial charge in [0.05, 0.1) is 30.8 Å². The lowest BCUT2D eigenvalue weighted by Gasteiger charge is -2.31. The minimum absolute atomic E-state index is 0.0497. The zero-order chi connectivity index (χ0) is 57.7. The summed E-state index contributed by atoms with van der Waals surface area (Å²) in [7, 11) is 0. The highest BCUT2D eigenvalue weighted by Gasteiger charge is 2.27. The normalized spacial score (nSPS) is 13.4. The van der Waals surface area contributed by atoms with Crippen LogP contribution >= 0.6 is 0 Å². The summed E-state index contributed by atoms with van der Waals surface area (Å²) in [4.78, 5) is 3.24. The van der Waals surface area contributed by atoms with E-state index in [-0.39, 0.29) is 17.1 Å². The van der Waals surface area contributed by atoms with Gasteiger partial charge < -0.3 is 9.80 Å². The standard InChI is InChI=1S/C69H53FN2/c1-44-20-12-16-28-53(44)59-40-48(5)66(42-61(59)55-30-18-14-22-46(55)3)71(51-24-8-6-9-25-51)64-38-34-49-33-37-58-65(39-35-50-32-36-57(64)68(49)69(50)58)72(52-26-10-7-11-27-52)67-43-62(56-31-19-15-23-47(56)4)60(41-63(67)70)54-29-17-13-21-45(54)2/h6-43H,1-5H3/i6D,7D,8D,9D,10D,11D,24D,25D,26D,27D. The maximum atomic E-state index is 18.0. The topological polar surface area (TPSA) is 6.48 Å². The van der Waals surface area contributed by atoms with Crippen molar-refractivity contribution in [3.63, 3.8) is 0 Å². The van der Waals surface area contributed by atoms with E-state index in [2.05, 4.69) is 50.2 Å². The Morgan fingerprint density at radius 3 is 1.08 bits per heavy atom. The van der Waals surface area contributed by atoms with Crippen LogP contribution in [0.1, 0.15) is 41.5 Å². The van der Waals surface area contributed by atoms with Crippen molar-refractivity contribution in [2.75, 3.05) is 9.80 Å². The molecule has 0 saturated heterocycles. The van der Waals surface area contributed by atoms with Gasteiger partial charge in [-0.1, -0.05) is 170 Å². The molecule has 72 heavy (non-hydrogen) atoms. The molecule has 12 rings (SSSR count). The van der Waals surface area contributed by atoms with Crippen molar-refractivity contribution in [1.29, 1.82) is 0 Å². The lowest BCUT2D eigenvalue weighted by atomic mass is 9.88. The third-order valence-corrected chi connectivity index (χ3v) is 14.2. The second-order valence-corrected chi connectivity index (χ2v) is 18.5. The smallest absolute Gasteiger partial charge is 0.147 e. The molecule has 346 valence electrons. The van der Waals surface area contributed by atoms with Gasteiger partial charge in [-0.3, -0.25) is 0 Å². The van der Waals surface area contributed by atoms with Gasteiger partial charge in [-0.25, -0.2) is 4.39 Å². The van der Waals surface area contributed by atoms with Crippen LogP contribution in [0.4, 0.5) is 38.5 Å². The molecule has 0 aromatic heterocycles. The molecule has 3 heteroatoms. The number of nitrogens with zero attached hydrogens (tertiary/aromatic N) is 2. The zero-order valence-corrected chi connectivity index (χ0v) is 40.4. The minimum Gasteiger partial charge on any atom is -0.310 e. The zero-order valence-electron chi connectivity index (χ0n) is 50.4. The second kappa shape index (κ2) is 18.2. The van der Waals surface area contributed by atoms with Gasteiger partial charge in [-0.2, -0.15) is 0 Å². The van der Waals surface area contributed by atoms with Gasteiger partial charge in [0.15, 0.2) is 0 Å². The van der Waals surface area contributed by atoms with E-state index in [1.54, 1.807) is 17.0 Å². The van der Waals surface area contributed by atoms with Crippen LogP contribution in [0.2, 0.25) is 0 Å². The number of rotatable bonds is 10. The van der Waals surface area contributed by atoms with E-state index in [1.165, 1.54) is 11.0 Å². The Kier molecular flexibility index (Phi) is 8.71. The van der Waals surface area contributed by atoms with Crippen LogP contribution in [-0.2, 0) is 0 Å². The SMILES string of the molecule is [2H]c1c([2H])c([2H])c(N(c2cc(-c3ccccc3C)c(-c3ccccc3C)cc2C)c2ccc3ccc4c(N(c5cc(-c6ccccc6C)c(-c6ccccc6C)cc5F)c5c([2H])c([2H])c([2H])c([2H])c5[2H])ccc5ccc2c3c54)c([2H])c1[2H]. The van der Waals surface area contributed by atoms with Crippen LogP contribution in [0.3, 0.4) is 0 Å². The Morgan fingerprint density at radius 1 is 0.319 bits per heavy atom. The molecule has 0 fully saturated rings. The first-order valence-electron chi connectivity index (χ1n) is 29.0. The molecule has 12 aromatic rings. The van der Waals surface area contributed by atoms with Gasteiger partial charge in [0.1, 0.15) is 5.82 Å². The number of aryl methyl sites for hydroxylation is 5. The monoisotopic (exact) mass is 938 g/mol. The summed E-state index contributed by atoms with van der Waals surface area (Å²) < 4.78 is 109. The first-order valence-corrected chi connectivity index (χ1v) is 24.0. The summed E-state index contributed by atoms with van der Waals surface area (Å²) in [5.41, 5.74) is 12.5. The third-order valence-electron chi connectivity index (χ3n) is 14.2. The summed E-state index contributed by atoms with van der Waals surface area (Å²) in [6.45, 7) is 10.0. The maximum Gasteiger partial charge on any atom is 0.147 e. The number of hydrogen-bond donors (Lipinski definition) is 0. The average molecular weight is 939 g/mol. The van der Waals surface area contributed by atoms with Crippen molar-refractivity contribution >= 4 is 66.4 Å². The summed E-state index contributed by atoms with van der Waals surface area (Å²) in [5, 5.41) is 4.24. The van der Waals surface area contributed by atoms with Crippen LogP contribution in [0.15, 0.2) is 230 Å². The van der Waals surface area contributed by atoms with Gasteiger partial charge in [-0.15, -0.1) is 0 Å². The van der Waals surface area contributed by atoms with E-state index in [0.717, 1.165) is 77.4 Å². The number of anilines is 6. The van der Waals surface area contributed by atoms with Crippen molar-refractivity contribution in [2.24, 2.45) is 0 Å². The molecular formula is C69H53FN2. The van der Waals surface area contributed by atoms with E-state index in [9.17, 15) is 5.48 Å². The Bertz CT molecular complexity index is 4280. The van der Waals surface area contributed by atoms with Crippen LogP contribution in [0.25, 0.3) is 76.8 Å². The summed E-state index contributed by atoms with van der Waals surface area (Å²) in [5.74, 6) is -0.696. The summed E-state index contributed by atoms with van der Waals surface area (Å²) in [6, 6.07) is 49.3. The molecule has 0 saturated carbocycles. The lowest BCUT2D eigenvalue weighted by Crippen LogP contribution is -2.13. The van der Waals surface area contributed by atoms with E-state index in [1.807, 2.05) is 136 Å². The predicted octanol–water partition coefficient (Wildman–Crippen LogP) is 19.9. The predicted molar refractivity (Wildman–Crippen MR) is 305 cm³/mol.